The van der Waals surface area contributed by atoms with E-state index in [0.717, 1.165) is 6.54 Å². The van der Waals surface area contributed by atoms with Gasteiger partial charge < -0.3 is 5.73 Å². The Hall–Kier alpha value is -0.340. The molecule has 2 heteroatoms. The van der Waals surface area contributed by atoms with Gasteiger partial charge in [-0.25, -0.2) is 0 Å². The van der Waals surface area contributed by atoms with Crippen LogP contribution in [0.1, 0.15) is 25.3 Å². The van der Waals surface area contributed by atoms with Crippen molar-refractivity contribution >= 4 is 11.3 Å². The molecule has 0 radical (unpaired) electrons. The van der Waals surface area contributed by atoms with E-state index in [1.54, 1.807) is 11.3 Å². The van der Waals surface area contributed by atoms with Gasteiger partial charge in [-0.3, -0.25) is 0 Å². The molecule has 0 spiro atoms. The zero-order valence-electron chi connectivity index (χ0n) is 7.58. The summed E-state index contributed by atoms with van der Waals surface area (Å²) in [7, 11) is 0. The normalized spacial score (nSPS) is 31.9. The van der Waals surface area contributed by atoms with Crippen LogP contribution in [-0.2, 0) is 0 Å². The van der Waals surface area contributed by atoms with Crippen molar-refractivity contribution in [2.24, 2.45) is 17.1 Å². The lowest BCUT2D eigenvalue weighted by Crippen LogP contribution is -2.05. The quantitative estimate of drug-likeness (QED) is 0.745. The Labute approximate surface area is 77.6 Å². The van der Waals surface area contributed by atoms with Gasteiger partial charge in [-0.2, -0.15) is 11.3 Å². The maximum Gasteiger partial charge on any atom is -0.00375 e. The number of hydrogen-bond acceptors (Lipinski definition) is 2. The molecule has 0 bridgehead atoms. The summed E-state index contributed by atoms with van der Waals surface area (Å²) in [6.07, 6.45) is 0. The standard InChI is InChI=1S/C10H15NS/c1-10(2)8(5-11)9(10)7-3-4-12-6-7/h3-4,6,8-9H,5,11H2,1-2H3/t8-,9-/m1/s1. The maximum absolute atomic E-state index is 5.71. The average Bonchev–Trinajstić information content (AvgIpc) is 2.50. The van der Waals surface area contributed by atoms with Gasteiger partial charge >= 0.3 is 0 Å². The molecule has 1 heterocycles. The largest absolute Gasteiger partial charge is 0.330 e. The third-order valence-electron chi connectivity index (χ3n) is 3.21. The average molecular weight is 181 g/mol. The fourth-order valence-corrected chi connectivity index (χ4v) is 2.99. The Morgan fingerprint density at radius 3 is 2.75 bits per heavy atom. The Bertz CT molecular complexity index is 263. The first-order valence-corrected chi connectivity index (χ1v) is 5.34. The fourth-order valence-electron chi connectivity index (χ4n) is 2.30. The molecule has 2 atom stereocenters. The van der Waals surface area contributed by atoms with Crippen LogP contribution in [0.25, 0.3) is 0 Å². The highest BCUT2D eigenvalue weighted by atomic mass is 32.1. The van der Waals surface area contributed by atoms with Crippen molar-refractivity contribution in [1.29, 1.82) is 0 Å². The van der Waals surface area contributed by atoms with E-state index in [4.69, 9.17) is 5.73 Å². The number of nitrogens with two attached hydrogens (primary N) is 1. The molecule has 1 aromatic rings. The van der Waals surface area contributed by atoms with E-state index in [2.05, 4.69) is 30.7 Å². The first kappa shape index (κ1) is 8.27. The molecule has 0 saturated heterocycles. The lowest BCUT2D eigenvalue weighted by Gasteiger charge is -1.98. The lowest BCUT2D eigenvalue weighted by atomic mass is 10.1. The Kier molecular flexibility index (Phi) is 1.77. The van der Waals surface area contributed by atoms with E-state index in [-0.39, 0.29) is 0 Å². The molecule has 1 aliphatic carbocycles. The van der Waals surface area contributed by atoms with Crippen LogP contribution in [0.3, 0.4) is 0 Å². The van der Waals surface area contributed by atoms with E-state index < -0.39 is 0 Å². The van der Waals surface area contributed by atoms with Crippen molar-refractivity contribution in [2.75, 3.05) is 6.54 Å². The molecule has 0 aromatic carbocycles. The third kappa shape index (κ3) is 1.02. The molecule has 12 heavy (non-hydrogen) atoms. The number of rotatable bonds is 2. The molecule has 2 N–H and O–H groups in total. The molecular formula is C10H15NS. The van der Waals surface area contributed by atoms with Gasteiger partial charge in [-0.1, -0.05) is 13.8 Å². The summed E-state index contributed by atoms with van der Waals surface area (Å²) in [5, 5.41) is 4.40. The maximum atomic E-state index is 5.71. The minimum absolute atomic E-state index is 0.440. The van der Waals surface area contributed by atoms with Crippen LogP contribution < -0.4 is 5.73 Å². The SMILES string of the molecule is CC1(C)[C@H](CN)[C@H]1c1ccsc1. The molecule has 0 aliphatic heterocycles. The summed E-state index contributed by atoms with van der Waals surface area (Å²) >= 11 is 1.78. The zero-order chi connectivity index (χ0) is 8.77. The number of hydrogen-bond donors (Lipinski definition) is 1. The van der Waals surface area contributed by atoms with Gasteiger partial charge in [-0.05, 0) is 46.2 Å². The highest BCUT2D eigenvalue weighted by Gasteiger charge is 2.57. The van der Waals surface area contributed by atoms with Crippen LogP contribution in [0, 0.1) is 11.3 Å². The second-order valence-electron chi connectivity index (χ2n) is 4.20. The van der Waals surface area contributed by atoms with Crippen LogP contribution in [0.2, 0.25) is 0 Å². The van der Waals surface area contributed by atoms with E-state index in [1.165, 1.54) is 5.56 Å². The molecule has 66 valence electrons. The van der Waals surface area contributed by atoms with E-state index in [9.17, 15) is 0 Å². The van der Waals surface area contributed by atoms with Crippen LogP contribution in [0.15, 0.2) is 16.8 Å². The molecule has 1 saturated carbocycles. The van der Waals surface area contributed by atoms with E-state index in [1.807, 2.05) is 0 Å². The van der Waals surface area contributed by atoms with Crippen LogP contribution in [0.5, 0.6) is 0 Å². The van der Waals surface area contributed by atoms with Crippen LogP contribution in [0.4, 0.5) is 0 Å². The second kappa shape index (κ2) is 2.57. The summed E-state index contributed by atoms with van der Waals surface area (Å²) in [5.74, 6) is 1.42. The van der Waals surface area contributed by atoms with Gasteiger partial charge in [-0.15, -0.1) is 0 Å². The molecule has 0 amide bonds. The molecular weight excluding hydrogens is 166 g/mol. The Morgan fingerprint density at radius 1 is 1.58 bits per heavy atom. The summed E-state index contributed by atoms with van der Waals surface area (Å²) < 4.78 is 0. The third-order valence-corrected chi connectivity index (χ3v) is 3.91. The summed E-state index contributed by atoms with van der Waals surface area (Å²) in [5.41, 5.74) is 7.64. The lowest BCUT2D eigenvalue weighted by molar-refractivity contribution is 0.559. The van der Waals surface area contributed by atoms with Gasteiger partial charge in [0.1, 0.15) is 0 Å². The van der Waals surface area contributed by atoms with Gasteiger partial charge in [0.25, 0.3) is 0 Å². The highest BCUT2D eigenvalue weighted by Crippen LogP contribution is 2.63. The molecule has 1 fully saturated rings. The minimum atomic E-state index is 0.440. The summed E-state index contributed by atoms with van der Waals surface area (Å²) in [6.45, 7) is 5.45. The van der Waals surface area contributed by atoms with Crippen molar-refractivity contribution in [3.63, 3.8) is 0 Å². The smallest absolute Gasteiger partial charge is 0.00375 e. The highest BCUT2D eigenvalue weighted by molar-refractivity contribution is 7.08. The predicted molar refractivity (Wildman–Crippen MR) is 53.4 cm³/mol. The van der Waals surface area contributed by atoms with Crippen molar-refractivity contribution in [3.8, 4) is 0 Å². The van der Waals surface area contributed by atoms with Crippen molar-refractivity contribution in [2.45, 2.75) is 19.8 Å². The van der Waals surface area contributed by atoms with E-state index in [0.29, 0.717) is 17.3 Å². The first-order valence-electron chi connectivity index (χ1n) is 4.40. The Morgan fingerprint density at radius 2 is 2.33 bits per heavy atom. The number of thiophene rings is 1. The summed E-state index contributed by atoms with van der Waals surface area (Å²) in [4.78, 5) is 0. The fraction of sp³-hybridized carbons (Fsp3) is 0.600. The van der Waals surface area contributed by atoms with Crippen molar-refractivity contribution < 1.29 is 0 Å². The molecule has 0 unspecified atom stereocenters. The van der Waals surface area contributed by atoms with Crippen molar-refractivity contribution in [1.82, 2.24) is 0 Å². The van der Waals surface area contributed by atoms with Crippen molar-refractivity contribution in [3.05, 3.63) is 22.4 Å². The minimum Gasteiger partial charge on any atom is -0.330 e. The molecule has 1 aromatic heterocycles. The molecule has 2 rings (SSSR count). The molecule has 1 aliphatic rings. The summed E-state index contributed by atoms with van der Waals surface area (Å²) in [6, 6.07) is 2.23. The van der Waals surface area contributed by atoms with Gasteiger partial charge in [0.15, 0.2) is 0 Å². The monoisotopic (exact) mass is 181 g/mol. The zero-order valence-corrected chi connectivity index (χ0v) is 8.40. The van der Waals surface area contributed by atoms with Gasteiger partial charge in [0.05, 0.1) is 0 Å². The Balaban J connectivity index is 2.19. The van der Waals surface area contributed by atoms with Gasteiger partial charge in [0.2, 0.25) is 0 Å². The second-order valence-corrected chi connectivity index (χ2v) is 4.98. The first-order chi connectivity index (χ1) is 5.68. The topological polar surface area (TPSA) is 26.0 Å². The molecule has 1 nitrogen and oxygen atoms in total. The van der Waals surface area contributed by atoms with E-state index >= 15 is 0 Å². The predicted octanol–water partition coefficient (Wildman–Crippen LogP) is 2.45. The van der Waals surface area contributed by atoms with Gasteiger partial charge in [0, 0.05) is 0 Å². The van der Waals surface area contributed by atoms with Crippen LogP contribution >= 0.6 is 11.3 Å². The van der Waals surface area contributed by atoms with Crippen LogP contribution in [-0.4, -0.2) is 6.54 Å².